The smallest absolute Gasteiger partial charge is 0.131 e. The van der Waals surface area contributed by atoms with E-state index in [1.165, 1.54) is 0 Å². The Bertz CT molecular complexity index is 442. The van der Waals surface area contributed by atoms with Gasteiger partial charge in [0.05, 0.1) is 0 Å². The highest BCUT2D eigenvalue weighted by atomic mass is 35.5. The summed E-state index contributed by atoms with van der Waals surface area (Å²) in [6.45, 7) is 6.08. The summed E-state index contributed by atoms with van der Waals surface area (Å²) in [6, 6.07) is 3.75. The van der Waals surface area contributed by atoms with Gasteiger partial charge in [-0.05, 0) is 17.7 Å². The summed E-state index contributed by atoms with van der Waals surface area (Å²) >= 11 is 11.8. The Morgan fingerprint density at radius 1 is 1.11 bits per heavy atom. The van der Waals surface area contributed by atoms with Gasteiger partial charge in [0.2, 0.25) is 0 Å². The second-order valence-electron chi connectivity index (χ2n) is 4.69. The molecule has 1 aromatic rings. The molecule has 0 saturated carbocycles. The maximum atomic E-state index is 5.91. The van der Waals surface area contributed by atoms with Crippen LogP contribution in [-0.4, -0.2) is 47.5 Å². The number of hydrogen-bond donors (Lipinski definition) is 0. The summed E-state index contributed by atoms with van der Waals surface area (Å²) in [6.07, 6.45) is 6.11. The second-order valence-corrected chi connectivity index (χ2v) is 5.47. The van der Waals surface area contributed by atoms with Gasteiger partial charge in [0.1, 0.15) is 10.3 Å². The Balaban J connectivity index is 1.84. The van der Waals surface area contributed by atoms with Crippen LogP contribution in [0.15, 0.2) is 12.1 Å². The fourth-order valence-corrected chi connectivity index (χ4v) is 2.76. The van der Waals surface area contributed by atoms with Crippen molar-refractivity contribution in [2.24, 2.45) is 0 Å². The molecule has 102 valence electrons. The summed E-state index contributed by atoms with van der Waals surface area (Å²) in [5, 5.41) is 0.908. The first-order valence-corrected chi connectivity index (χ1v) is 7.13. The fraction of sp³-hybridized carbons (Fsp3) is 0.500. The van der Waals surface area contributed by atoms with Crippen molar-refractivity contribution < 1.29 is 0 Å². The van der Waals surface area contributed by atoms with Crippen molar-refractivity contribution in [2.45, 2.75) is 13.0 Å². The van der Waals surface area contributed by atoms with Gasteiger partial charge in [-0.1, -0.05) is 23.2 Å². The number of halogens is 2. The summed E-state index contributed by atoms with van der Waals surface area (Å²) in [7, 11) is 0. The first kappa shape index (κ1) is 14.6. The van der Waals surface area contributed by atoms with Crippen LogP contribution < -0.4 is 0 Å². The van der Waals surface area contributed by atoms with Gasteiger partial charge in [0, 0.05) is 45.7 Å². The van der Waals surface area contributed by atoms with E-state index in [4.69, 9.17) is 29.6 Å². The van der Waals surface area contributed by atoms with Gasteiger partial charge in [-0.15, -0.1) is 12.3 Å². The zero-order valence-corrected chi connectivity index (χ0v) is 12.3. The maximum Gasteiger partial charge on any atom is 0.131 e. The monoisotopic (exact) mass is 297 g/mol. The Labute approximate surface area is 124 Å². The van der Waals surface area contributed by atoms with E-state index in [-0.39, 0.29) is 0 Å². The normalized spacial score (nSPS) is 17.3. The van der Waals surface area contributed by atoms with E-state index in [1.54, 1.807) is 0 Å². The molecule has 0 unspecified atom stereocenters. The molecular weight excluding hydrogens is 281 g/mol. The van der Waals surface area contributed by atoms with E-state index < -0.39 is 0 Å². The molecular formula is C14H17Cl2N3. The van der Waals surface area contributed by atoms with Crippen LogP contribution >= 0.6 is 23.2 Å². The van der Waals surface area contributed by atoms with Crippen LogP contribution in [0.5, 0.6) is 0 Å². The minimum absolute atomic E-state index is 0.454. The van der Waals surface area contributed by atoms with E-state index in [1.807, 2.05) is 12.1 Å². The topological polar surface area (TPSA) is 19.4 Å². The molecule has 0 aromatic carbocycles. The lowest BCUT2D eigenvalue weighted by Gasteiger charge is -2.34. The van der Waals surface area contributed by atoms with Crippen LogP contribution in [0.3, 0.4) is 0 Å². The molecule has 5 heteroatoms. The molecule has 0 bridgehead atoms. The molecule has 0 radical (unpaired) electrons. The number of piperazine rings is 1. The maximum absolute atomic E-state index is 5.91. The third kappa shape index (κ3) is 4.67. The van der Waals surface area contributed by atoms with Gasteiger partial charge in [-0.2, -0.15) is 0 Å². The molecule has 0 amide bonds. The van der Waals surface area contributed by atoms with E-state index >= 15 is 0 Å². The lowest BCUT2D eigenvalue weighted by Crippen LogP contribution is -2.46. The van der Waals surface area contributed by atoms with E-state index in [9.17, 15) is 0 Å². The van der Waals surface area contributed by atoms with Crippen LogP contribution in [0.25, 0.3) is 0 Å². The number of pyridine rings is 1. The molecule has 1 aliphatic heterocycles. The number of terminal acetylenes is 1. The molecule has 1 saturated heterocycles. The lowest BCUT2D eigenvalue weighted by molar-refractivity contribution is 0.129. The van der Waals surface area contributed by atoms with Crippen LogP contribution in [0.4, 0.5) is 0 Å². The Hall–Kier alpha value is -0.790. The minimum atomic E-state index is 0.454. The van der Waals surface area contributed by atoms with Crippen molar-refractivity contribution in [2.75, 3.05) is 32.7 Å². The van der Waals surface area contributed by atoms with Crippen molar-refractivity contribution in [1.82, 2.24) is 14.8 Å². The summed E-state index contributed by atoms with van der Waals surface area (Å²) in [5.41, 5.74) is 1.11. The van der Waals surface area contributed by atoms with Gasteiger partial charge in [0.25, 0.3) is 0 Å². The Morgan fingerprint density at radius 3 is 2.26 bits per heavy atom. The first-order valence-electron chi connectivity index (χ1n) is 6.37. The van der Waals surface area contributed by atoms with Gasteiger partial charge in [-0.25, -0.2) is 4.98 Å². The summed E-state index contributed by atoms with van der Waals surface area (Å²) < 4.78 is 0. The molecule has 1 fully saturated rings. The third-order valence-corrected chi connectivity index (χ3v) is 3.65. The lowest BCUT2D eigenvalue weighted by atomic mass is 10.2. The minimum Gasteiger partial charge on any atom is -0.300 e. The second kappa shape index (κ2) is 7.12. The molecule has 1 aliphatic rings. The molecule has 1 aromatic heterocycles. The van der Waals surface area contributed by atoms with Crippen LogP contribution in [0.1, 0.15) is 12.0 Å². The Morgan fingerprint density at radius 2 is 1.68 bits per heavy atom. The standard InChI is InChI=1S/C14H17Cl2N3/c1-2-3-4-18-5-7-19(8-6-18)11-12-9-13(15)17-14(16)10-12/h1,9-10H,3-8,11H2. The third-order valence-electron chi connectivity index (χ3n) is 3.27. The van der Waals surface area contributed by atoms with E-state index in [0.29, 0.717) is 10.3 Å². The van der Waals surface area contributed by atoms with Crippen LogP contribution in [0.2, 0.25) is 10.3 Å². The van der Waals surface area contributed by atoms with Crippen molar-refractivity contribution >= 4 is 23.2 Å². The average Bonchev–Trinajstić information content (AvgIpc) is 2.37. The van der Waals surface area contributed by atoms with Crippen molar-refractivity contribution in [3.05, 3.63) is 28.0 Å². The molecule has 19 heavy (non-hydrogen) atoms. The van der Waals surface area contributed by atoms with Crippen LogP contribution in [0, 0.1) is 12.3 Å². The number of hydrogen-bond acceptors (Lipinski definition) is 3. The average molecular weight is 298 g/mol. The molecule has 2 heterocycles. The fourth-order valence-electron chi connectivity index (χ4n) is 2.26. The molecule has 3 nitrogen and oxygen atoms in total. The van der Waals surface area contributed by atoms with Crippen molar-refractivity contribution in [1.29, 1.82) is 0 Å². The molecule has 0 atom stereocenters. The SMILES string of the molecule is C#CCCN1CCN(Cc2cc(Cl)nc(Cl)c2)CC1. The van der Waals surface area contributed by atoms with Gasteiger partial charge in [-0.3, -0.25) is 9.80 Å². The van der Waals surface area contributed by atoms with E-state index in [2.05, 4.69) is 20.7 Å². The summed E-state index contributed by atoms with van der Waals surface area (Å²) in [4.78, 5) is 8.76. The van der Waals surface area contributed by atoms with Gasteiger partial charge in [0.15, 0.2) is 0 Å². The molecule has 0 spiro atoms. The predicted octanol–water partition coefficient (Wildman–Crippen LogP) is 2.53. The van der Waals surface area contributed by atoms with Crippen molar-refractivity contribution in [3.63, 3.8) is 0 Å². The highest BCUT2D eigenvalue weighted by Gasteiger charge is 2.16. The number of nitrogens with zero attached hydrogens (tertiary/aromatic N) is 3. The Kier molecular flexibility index (Phi) is 5.47. The van der Waals surface area contributed by atoms with Gasteiger partial charge < -0.3 is 0 Å². The molecule has 0 aliphatic carbocycles. The largest absolute Gasteiger partial charge is 0.300 e. The highest BCUT2D eigenvalue weighted by molar-refractivity contribution is 6.32. The number of aromatic nitrogens is 1. The summed E-state index contributed by atoms with van der Waals surface area (Å²) in [5.74, 6) is 2.69. The molecule has 2 rings (SSSR count). The predicted molar refractivity (Wildman–Crippen MR) is 79.4 cm³/mol. The molecule has 0 N–H and O–H groups in total. The van der Waals surface area contributed by atoms with Crippen LogP contribution in [-0.2, 0) is 6.54 Å². The first-order chi connectivity index (χ1) is 9.17. The number of rotatable bonds is 4. The zero-order chi connectivity index (χ0) is 13.7. The highest BCUT2D eigenvalue weighted by Crippen LogP contribution is 2.17. The van der Waals surface area contributed by atoms with Gasteiger partial charge >= 0.3 is 0 Å². The quantitative estimate of drug-likeness (QED) is 0.629. The zero-order valence-electron chi connectivity index (χ0n) is 10.8. The van der Waals surface area contributed by atoms with E-state index in [0.717, 1.165) is 51.3 Å². The van der Waals surface area contributed by atoms with Crippen molar-refractivity contribution in [3.8, 4) is 12.3 Å².